The molecule has 140 valence electrons. The van der Waals surface area contributed by atoms with Crippen LogP contribution in [0.1, 0.15) is 37.0 Å². The molecule has 0 unspecified atom stereocenters. The smallest absolute Gasteiger partial charge is 0.257 e. The summed E-state index contributed by atoms with van der Waals surface area (Å²) in [5.74, 6) is -0.940. The van der Waals surface area contributed by atoms with E-state index in [0.717, 1.165) is 30.6 Å². The van der Waals surface area contributed by atoms with E-state index in [4.69, 9.17) is 12.2 Å². The molecule has 0 radical (unpaired) electrons. The molecule has 1 heterocycles. The number of hydrogen-bond donors (Lipinski definition) is 4. The molecule has 0 spiro atoms. The van der Waals surface area contributed by atoms with Gasteiger partial charge in [-0.2, -0.15) is 0 Å². The van der Waals surface area contributed by atoms with Crippen LogP contribution in [-0.2, 0) is 14.4 Å². The van der Waals surface area contributed by atoms with Crippen LogP contribution in [0.4, 0.5) is 0 Å². The van der Waals surface area contributed by atoms with Gasteiger partial charge < -0.3 is 5.32 Å². The third kappa shape index (κ3) is 7.32. The van der Waals surface area contributed by atoms with E-state index in [1.54, 1.807) is 6.08 Å². The van der Waals surface area contributed by atoms with Gasteiger partial charge in [-0.05, 0) is 42.6 Å². The van der Waals surface area contributed by atoms with Crippen molar-refractivity contribution in [2.24, 2.45) is 5.92 Å². The summed E-state index contributed by atoms with van der Waals surface area (Å²) in [5.41, 5.74) is 4.76. The predicted molar refractivity (Wildman–Crippen MR) is 105 cm³/mol. The number of carbonyl (C=O) groups is 3. The van der Waals surface area contributed by atoms with E-state index in [1.165, 1.54) is 23.8 Å². The van der Waals surface area contributed by atoms with Crippen molar-refractivity contribution in [1.29, 1.82) is 0 Å². The molecule has 0 aliphatic heterocycles. The minimum Gasteiger partial charge on any atom is -0.347 e. The van der Waals surface area contributed by atoms with E-state index in [-0.39, 0.29) is 23.5 Å². The zero-order valence-electron chi connectivity index (χ0n) is 14.2. The van der Waals surface area contributed by atoms with Crippen molar-refractivity contribution < 1.29 is 14.4 Å². The van der Waals surface area contributed by atoms with Gasteiger partial charge in [0.25, 0.3) is 5.91 Å². The second kappa shape index (κ2) is 10.7. The van der Waals surface area contributed by atoms with Crippen molar-refractivity contribution in [3.63, 3.8) is 0 Å². The molecule has 1 aliphatic rings. The van der Waals surface area contributed by atoms with E-state index < -0.39 is 11.8 Å². The number of nitrogens with one attached hydrogen (secondary N) is 4. The van der Waals surface area contributed by atoms with E-state index >= 15 is 0 Å². The van der Waals surface area contributed by atoms with Crippen LogP contribution in [0.25, 0.3) is 6.08 Å². The van der Waals surface area contributed by atoms with Gasteiger partial charge in [0.2, 0.25) is 11.8 Å². The highest BCUT2D eigenvalue weighted by Gasteiger charge is 2.21. The molecular weight excluding hydrogens is 372 g/mol. The van der Waals surface area contributed by atoms with Gasteiger partial charge in [0.15, 0.2) is 5.11 Å². The molecule has 1 fully saturated rings. The average Bonchev–Trinajstić information content (AvgIpc) is 3.17. The Kier molecular flexibility index (Phi) is 8.23. The van der Waals surface area contributed by atoms with Crippen LogP contribution in [0.5, 0.6) is 0 Å². The van der Waals surface area contributed by atoms with Crippen LogP contribution in [0.15, 0.2) is 23.6 Å². The molecule has 2 rings (SSSR count). The lowest BCUT2D eigenvalue weighted by Crippen LogP contribution is -2.51. The van der Waals surface area contributed by atoms with Crippen LogP contribution in [-0.4, -0.2) is 29.4 Å². The summed E-state index contributed by atoms with van der Waals surface area (Å²) in [5, 5.41) is 6.91. The molecule has 1 aromatic heterocycles. The molecule has 0 saturated heterocycles. The van der Waals surface area contributed by atoms with E-state index in [9.17, 15) is 14.4 Å². The van der Waals surface area contributed by atoms with E-state index in [1.807, 2.05) is 17.5 Å². The minimum atomic E-state index is -0.445. The first kappa shape index (κ1) is 20.1. The maximum Gasteiger partial charge on any atom is 0.257 e. The molecule has 3 amide bonds. The number of thiocarbonyl (C=S) groups is 1. The molecule has 0 bridgehead atoms. The van der Waals surface area contributed by atoms with Crippen molar-refractivity contribution in [1.82, 2.24) is 21.5 Å². The Balaban J connectivity index is 1.61. The number of thiophene rings is 1. The number of amides is 3. The molecule has 4 N–H and O–H groups in total. The molecule has 1 aliphatic carbocycles. The van der Waals surface area contributed by atoms with Crippen LogP contribution < -0.4 is 21.5 Å². The highest BCUT2D eigenvalue weighted by Crippen LogP contribution is 2.23. The Bertz CT molecular complexity index is 668. The Morgan fingerprint density at radius 3 is 2.65 bits per heavy atom. The van der Waals surface area contributed by atoms with Crippen LogP contribution in [0.2, 0.25) is 0 Å². The second-order valence-corrected chi connectivity index (χ2v) is 7.28. The lowest BCUT2D eigenvalue weighted by Gasteiger charge is -2.20. The normalized spacial score (nSPS) is 14.6. The molecule has 1 saturated carbocycles. The molecule has 7 nitrogen and oxygen atoms in total. The summed E-state index contributed by atoms with van der Waals surface area (Å²) < 4.78 is 0. The summed E-state index contributed by atoms with van der Waals surface area (Å²) in [6.07, 6.45) is 8.05. The molecular formula is C17H22N4O3S2. The van der Waals surface area contributed by atoms with Gasteiger partial charge in [-0.15, -0.1) is 11.3 Å². The first-order chi connectivity index (χ1) is 12.5. The minimum absolute atomic E-state index is 0.00000590. The van der Waals surface area contributed by atoms with Gasteiger partial charge in [-0.25, -0.2) is 0 Å². The summed E-state index contributed by atoms with van der Waals surface area (Å²) in [4.78, 5) is 36.3. The van der Waals surface area contributed by atoms with E-state index in [2.05, 4.69) is 21.5 Å². The fraction of sp³-hybridized carbons (Fsp3) is 0.412. The topological polar surface area (TPSA) is 99.3 Å². The van der Waals surface area contributed by atoms with Crippen molar-refractivity contribution in [2.45, 2.75) is 32.1 Å². The first-order valence-corrected chi connectivity index (χ1v) is 9.72. The third-order valence-corrected chi connectivity index (χ3v) is 4.94. The fourth-order valence-electron chi connectivity index (χ4n) is 2.58. The molecule has 26 heavy (non-hydrogen) atoms. The standard InChI is InChI=1S/C17H22N4O3S2/c22-14(9-8-13-7-4-10-26-13)19-17(25)21-20-15(23)11-18-16(24)12-5-2-1-3-6-12/h4,7-10,12H,1-3,5-6,11H2,(H,18,24)(H,20,23)(H2,19,21,22,25). The number of carbonyl (C=O) groups excluding carboxylic acids is 3. The van der Waals surface area contributed by atoms with Gasteiger partial charge >= 0.3 is 0 Å². The summed E-state index contributed by atoms with van der Waals surface area (Å²) in [7, 11) is 0. The van der Waals surface area contributed by atoms with Crippen molar-refractivity contribution in [2.75, 3.05) is 6.54 Å². The van der Waals surface area contributed by atoms with Gasteiger partial charge in [-0.1, -0.05) is 25.3 Å². The van der Waals surface area contributed by atoms with Gasteiger partial charge in [0, 0.05) is 16.9 Å². The van der Waals surface area contributed by atoms with Gasteiger partial charge in [0.1, 0.15) is 0 Å². The predicted octanol–water partition coefficient (Wildman–Crippen LogP) is 1.48. The first-order valence-electron chi connectivity index (χ1n) is 8.43. The third-order valence-electron chi connectivity index (χ3n) is 3.89. The monoisotopic (exact) mass is 394 g/mol. The second-order valence-electron chi connectivity index (χ2n) is 5.89. The van der Waals surface area contributed by atoms with Gasteiger partial charge in [0.05, 0.1) is 6.54 Å². The van der Waals surface area contributed by atoms with Crippen molar-refractivity contribution in [3.8, 4) is 0 Å². The lowest BCUT2D eigenvalue weighted by atomic mass is 9.89. The maximum atomic E-state index is 12.0. The van der Waals surface area contributed by atoms with Gasteiger partial charge in [-0.3, -0.25) is 30.6 Å². The summed E-state index contributed by atoms with van der Waals surface area (Å²) >= 11 is 6.43. The highest BCUT2D eigenvalue weighted by atomic mass is 32.1. The molecule has 9 heteroatoms. The number of rotatable bonds is 5. The van der Waals surface area contributed by atoms with Crippen molar-refractivity contribution >= 4 is 52.5 Å². The van der Waals surface area contributed by atoms with Crippen LogP contribution >= 0.6 is 23.6 Å². The maximum absolute atomic E-state index is 12.0. The zero-order valence-corrected chi connectivity index (χ0v) is 15.9. The largest absolute Gasteiger partial charge is 0.347 e. The summed E-state index contributed by atoms with van der Waals surface area (Å²) in [6, 6.07) is 3.77. The molecule has 0 atom stereocenters. The molecule has 1 aromatic rings. The quantitative estimate of drug-likeness (QED) is 0.344. The van der Waals surface area contributed by atoms with E-state index in [0.29, 0.717) is 0 Å². The Morgan fingerprint density at radius 2 is 1.96 bits per heavy atom. The lowest BCUT2D eigenvalue weighted by molar-refractivity contribution is -0.129. The Hall–Kier alpha value is -2.26. The molecule has 0 aromatic carbocycles. The highest BCUT2D eigenvalue weighted by molar-refractivity contribution is 7.80. The SMILES string of the molecule is O=C(C=Cc1cccs1)NC(=S)NNC(=O)CNC(=O)C1CCCCC1. The van der Waals surface area contributed by atoms with Crippen LogP contribution in [0.3, 0.4) is 0 Å². The fourth-order valence-corrected chi connectivity index (χ4v) is 3.35. The van der Waals surface area contributed by atoms with Crippen molar-refractivity contribution in [3.05, 3.63) is 28.5 Å². The van der Waals surface area contributed by atoms with Crippen LogP contribution in [0, 0.1) is 5.92 Å². The average molecular weight is 395 g/mol. The number of hydrazine groups is 1. The Labute approximate surface area is 161 Å². The Morgan fingerprint density at radius 1 is 1.19 bits per heavy atom. The summed E-state index contributed by atoms with van der Waals surface area (Å²) in [6.45, 7) is -0.142. The zero-order chi connectivity index (χ0) is 18.8. The number of hydrogen-bond acceptors (Lipinski definition) is 5.